The zero-order valence-corrected chi connectivity index (χ0v) is 16.7. The van der Waals surface area contributed by atoms with Gasteiger partial charge in [-0.25, -0.2) is 0 Å². The van der Waals surface area contributed by atoms with Gasteiger partial charge in [-0.05, 0) is 19.8 Å². The first-order chi connectivity index (χ1) is 11.7. The Hall–Kier alpha value is -1.14. The Morgan fingerprint density at radius 1 is 0.840 bits per heavy atom. The minimum absolute atomic E-state index is 0.0157. The molecule has 2 amide bonds. The lowest BCUT2D eigenvalue weighted by Gasteiger charge is -2.44. The van der Waals surface area contributed by atoms with Crippen LogP contribution in [0.2, 0.25) is 0 Å². The summed E-state index contributed by atoms with van der Waals surface area (Å²) >= 11 is 0. The third-order valence-electron chi connectivity index (χ3n) is 5.12. The Morgan fingerprint density at radius 3 is 1.68 bits per heavy atom. The Labute approximate surface area is 152 Å². The van der Waals surface area contributed by atoms with Crippen LogP contribution in [0, 0.1) is 11.8 Å². The molecule has 0 radical (unpaired) electrons. The normalized spacial score (nSPS) is 27.0. The van der Waals surface area contributed by atoms with Crippen molar-refractivity contribution in [3.8, 4) is 0 Å². The van der Waals surface area contributed by atoms with Crippen molar-refractivity contribution in [2.45, 2.75) is 59.8 Å². The fourth-order valence-electron chi connectivity index (χ4n) is 4.01. The van der Waals surface area contributed by atoms with E-state index in [1.165, 1.54) is 0 Å². The molecule has 2 fully saturated rings. The highest BCUT2D eigenvalue weighted by molar-refractivity contribution is 5.83. The van der Waals surface area contributed by atoms with Crippen LogP contribution in [0.15, 0.2) is 0 Å². The van der Waals surface area contributed by atoms with E-state index < -0.39 is 0 Å². The van der Waals surface area contributed by atoms with E-state index in [0.29, 0.717) is 26.2 Å². The molecule has 0 bridgehead atoms. The van der Waals surface area contributed by atoms with Gasteiger partial charge in [-0.15, -0.1) is 0 Å². The molecular weight excluding hydrogens is 318 g/mol. The van der Waals surface area contributed by atoms with Crippen molar-refractivity contribution in [3.63, 3.8) is 0 Å². The summed E-state index contributed by atoms with van der Waals surface area (Å²) in [5.41, 5.74) is 0. The second-order valence-corrected chi connectivity index (χ2v) is 8.21. The fraction of sp³-hybridized carbons (Fsp3) is 0.895. The fourth-order valence-corrected chi connectivity index (χ4v) is 4.01. The van der Waals surface area contributed by atoms with E-state index in [4.69, 9.17) is 4.74 Å². The lowest BCUT2D eigenvalue weighted by atomic mass is 9.98. The van der Waals surface area contributed by atoms with Gasteiger partial charge in [0.2, 0.25) is 11.8 Å². The van der Waals surface area contributed by atoms with Crippen molar-refractivity contribution < 1.29 is 14.3 Å². The van der Waals surface area contributed by atoms with Crippen molar-refractivity contribution in [1.29, 1.82) is 0 Å². The molecule has 0 N–H and O–H groups in total. The second kappa shape index (κ2) is 8.49. The summed E-state index contributed by atoms with van der Waals surface area (Å²) in [6, 6.07) is -0.110. The number of ether oxygens (including phenoxy) is 1. The van der Waals surface area contributed by atoms with Gasteiger partial charge in [0.05, 0.1) is 18.2 Å². The molecule has 6 nitrogen and oxygen atoms in total. The maximum atomic E-state index is 13.2. The van der Waals surface area contributed by atoms with Gasteiger partial charge < -0.3 is 14.5 Å². The summed E-state index contributed by atoms with van der Waals surface area (Å²) in [4.78, 5) is 31.5. The number of carbonyl (C=O) groups is 2. The van der Waals surface area contributed by atoms with Crippen LogP contribution < -0.4 is 0 Å². The van der Waals surface area contributed by atoms with Crippen LogP contribution in [0.25, 0.3) is 0 Å². The van der Waals surface area contributed by atoms with E-state index in [1.807, 2.05) is 23.6 Å². The molecule has 0 aromatic rings. The Balaban J connectivity index is 2.00. The maximum Gasteiger partial charge on any atom is 0.240 e. The molecule has 2 rings (SSSR count). The molecule has 0 spiro atoms. The van der Waals surface area contributed by atoms with E-state index in [0.717, 1.165) is 13.1 Å². The van der Waals surface area contributed by atoms with Gasteiger partial charge in [0, 0.05) is 45.2 Å². The number of rotatable bonds is 4. The van der Waals surface area contributed by atoms with Gasteiger partial charge in [-0.1, -0.05) is 27.7 Å². The van der Waals surface area contributed by atoms with Crippen LogP contribution in [0.1, 0.15) is 41.5 Å². The van der Waals surface area contributed by atoms with Crippen LogP contribution >= 0.6 is 0 Å². The topological polar surface area (TPSA) is 53.1 Å². The number of carbonyl (C=O) groups excluding carboxylic acids is 2. The van der Waals surface area contributed by atoms with Crippen molar-refractivity contribution in [3.05, 3.63) is 0 Å². The number of hydrogen-bond donors (Lipinski definition) is 0. The molecule has 0 saturated carbocycles. The largest absolute Gasteiger partial charge is 0.373 e. The number of nitrogens with zero attached hydrogens (tertiary/aromatic N) is 3. The smallest absolute Gasteiger partial charge is 0.240 e. The minimum Gasteiger partial charge on any atom is -0.373 e. The highest BCUT2D eigenvalue weighted by Crippen LogP contribution is 2.21. The highest BCUT2D eigenvalue weighted by atomic mass is 16.5. The Morgan fingerprint density at radius 2 is 1.28 bits per heavy atom. The highest BCUT2D eigenvalue weighted by Gasteiger charge is 2.37. The number of amides is 2. The van der Waals surface area contributed by atoms with E-state index in [1.54, 1.807) is 0 Å². The SMILES string of the molecule is CC1CN(C(C(=O)N2CCN(C(=O)C(C)C)CC2)C(C)C)CC(C)O1. The van der Waals surface area contributed by atoms with Gasteiger partial charge >= 0.3 is 0 Å². The van der Waals surface area contributed by atoms with Crippen LogP contribution in [0.5, 0.6) is 0 Å². The summed E-state index contributed by atoms with van der Waals surface area (Å²) in [5.74, 6) is 0.651. The van der Waals surface area contributed by atoms with Crippen molar-refractivity contribution in [2.75, 3.05) is 39.3 Å². The molecule has 3 unspecified atom stereocenters. The third-order valence-corrected chi connectivity index (χ3v) is 5.12. The van der Waals surface area contributed by atoms with Crippen LogP contribution in [0.3, 0.4) is 0 Å². The Kier molecular flexibility index (Phi) is 6.86. The van der Waals surface area contributed by atoms with Crippen molar-refractivity contribution in [2.24, 2.45) is 11.8 Å². The zero-order chi connectivity index (χ0) is 18.7. The average molecular weight is 354 g/mol. The summed E-state index contributed by atoms with van der Waals surface area (Å²) in [6.07, 6.45) is 0.302. The van der Waals surface area contributed by atoms with Gasteiger partial charge in [0.25, 0.3) is 0 Å². The third kappa shape index (κ3) is 4.94. The van der Waals surface area contributed by atoms with Crippen LogP contribution in [0.4, 0.5) is 0 Å². The monoisotopic (exact) mass is 353 g/mol. The average Bonchev–Trinajstić information content (AvgIpc) is 2.53. The van der Waals surface area contributed by atoms with Gasteiger partial charge in [0.15, 0.2) is 0 Å². The lowest BCUT2D eigenvalue weighted by Crippen LogP contribution is -2.60. The molecule has 6 heteroatoms. The molecule has 0 aliphatic carbocycles. The van der Waals surface area contributed by atoms with Crippen molar-refractivity contribution in [1.82, 2.24) is 14.7 Å². The summed E-state index contributed by atoms with van der Waals surface area (Å²) < 4.78 is 5.82. The molecule has 25 heavy (non-hydrogen) atoms. The van der Waals surface area contributed by atoms with E-state index in [9.17, 15) is 9.59 Å². The molecule has 144 valence electrons. The van der Waals surface area contributed by atoms with E-state index in [2.05, 4.69) is 32.6 Å². The van der Waals surface area contributed by atoms with Gasteiger partial charge in [-0.3, -0.25) is 14.5 Å². The quantitative estimate of drug-likeness (QED) is 0.768. The maximum absolute atomic E-state index is 13.2. The predicted octanol–water partition coefficient (Wildman–Crippen LogP) is 1.45. The minimum atomic E-state index is -0.110. The summed E-state index contributed by atoms with van der Waals surface area (Å²) in [5, 5.41) is 0. The summed E-state index contributed by atoms with van der Waals surface area (Å²) in [6.45, 7) is 16.4. The summed E-state index contributed by atoms with van der Waals surface area (Å²) in [7, 11) is 0. The predicted molar refractivity (Wildman–Crippen MR) is 98.2 cm³/mol. The molecule has 2 saturated heterocycles. The van der Waals surface area contributed by atoms with E-state index >= 15 is 0 Å². The van der Waals surface area contributed by atoms with Gasteiger partial charge in [0.1, 0.15) is 0 Å². The molecule has 2 aliphatic rings. The van der Waals surface area contributed by atoms with Gasteiger partial charge in [-0.2, -0.15) is 0 Å². The second-order valence-electron chi connectivity index (χ2n) is 8.21. The molecular formula is C19H35N3O3. The zero-order valence-electron chi connectivity index (χ0n) is 16.7. The first-order valence-corrected chi connectivity index (χ1v) is 9.67. The molecule has 0 aromatic carbocycles. The van der Waals surface area contributed by atoms with Crippen LogP contribution in [-0.4, -0.2) is 84.0 Å². The number of hydrogen-bond acceptors (Lipinski definition) is 4. The first kappa shape index (κ1) is 20.2. The number of piperazine rings is 1. The molecule has 2 aliphatic heterocycles. The van der Waals surface area contributed by atoms with Crippen LogP contribution in [-0.2, 0) is 14.3 Å². The molecule has 2 heterocycles. The molecule has 3 atom stereocenters. The number of morpholine rings is 1. The lowest BCUT2D eigenvalue weighted by molar-refractivity contribution is -0.150. The molecule has 0 aromatic heterocycles. The standard InChI is InChI=1S/C19H35N3O3/c1-13(2)17(22-11-15(5)25-16(6)12-22)19(24)21-9-7-20(8-10-21)18(23)14(3)4/h13-17H,7-12H2,1-6H3. The van der Waals surface area contributed by atoms with Crippen molar-refractivity contribution >= 4 is 11.8 Å². The first-order valence-electron chi connectivity index (χ1n) is 9.67. The van der Waals surface area contributed by atoms with E-state index in [-0.39, 0.29) is 41.9 Å². The Bertz CT molecular complexity index is 463.